The fourth-order valence-electron chi connectivity index (χ4n) is 5.47. The summed E-state index contributed by atoms with van der Waals surface area (Å²) < 4.78 is 28.8. The van der Waals surface area contributed by atoms with Crippen molar-refractivity contribution >= 4 is 28.4 Å². The minimum Gasteiger partial charge on any atom is -0.369 e. The van der Waals surface area contributed by atoms with E-state index in [1.54, 1.807) is 40.0 Å². The quantitative estimate of drug-likeness (QED) is 0.459. The number of primary amides is 1. The van der Waals surface area contributed by atoms with Gasteiger partial charge in [-0.2, -0.15) is 5.10 Å². The van der Waals surface area contributed by atoms with E-state index < -0.39 is 11.5 Å². The van der Waals surface area contributed by atoms with Crippen LogP contribution in [0.2, 0.25) is 0 Å². The predicted molar refractivity (Wildman–Crippen MR) is 127 cm³/mol. The van der Waals surface area contributed by atoms with E-state index >= 15 is 0 Å². The molecule has 0 spiro atoms. The Bertz CT molecular complexity index is 1460. The Balaban J connectivity index is 1.43. The van der Waals surface area contributed by atoms with Gasteiger partial charge in [-0.1, -0.05) is 12.1 Å². The number of carbonyl (C=O) groups excluding carboxylic acids is 2. The number of halogens is 2. The molecule has 2 atom stereocenters. The molecule has 3 aromatic carbocycles. The van der Waals surface area contributed by atoms with Crippen molar-refractivity contribution in [2.75, 3.05) is 4.90 Å². The molecule has 2 unspecified atom stereocenters. The van der Waals surface area contributed by atoms with Crippen LogP contribution in [0.3, 0.4) is 0 Å². The lowest BCUT2D eigenvalue weighted by atomic mass is 9.79. The van der Waals surface area contributed by atoms with E-state index in [-0.39, 0.29) is 35.8 Å². The van der Waals surface area contributed by atoms with E-state index in [9.17, 15) is 18.4 Å². The molecule has 1 saturated carbocycles. The lowest BCUT2D eigenvalue weighted by Gasteiger charge is -2.32. The SMILES string of the molecule is NC(=O)C1(C2CC(=O)N(c3ccc4c(cnn4-c4ccc(F)cc4)c3)C2c2ccc(F)cc2)CC1. The minimum atomic E-state index is -0.721. The first kappa shape index (κ1) is 21.5. The zero-order valence-corrected chi connectivity index (χ0v) is 18.7. The molecule has 2 N–H and O–H groups in total. The van der Waals surface area contributed by atoms with Gasteiger partial charge < -0.3 is 10.6 Å². The molecule has 2 fully saturated rings. The highest BCUT2D eigenvalue weighted by molar-refractivity contribution is 6.00. The van der Waals surface area contributed by atoms with Crippen molar-refractivity contribution in [3.8, 4) is 5.69 Å². The first-order valence-electron chi connectivity index (χ1n) is 11.5. The van der Waals surface area contributed by atoms with Crippen molar-refractivity contribution in [3.63, 3.8) is 0 Å². The number of nitrogens with two attached hydrogens (primary N) is 1. The van der Waals surface area contributed by atoms with Gasteiger partial charge >= 0.3 is 0 Å². The summed E-state index contributed by atoms with van der Waals surface area (Å²) >= 11 is 0. The summed E-state index contributed by atoms with van der Waals surface area (Å²) in [5, 5.41) is 5.25. The molecule has 2 amide bonds. The molecule has 6 nitrogen and oxygen atoms in total. The van der Waals surface area contributed by atoms with Gasteiger partial charge in [0.2, 0.25) is 11.8 Å². The Hall–Kier alpha value is -4.07. The summed E-state index contributed by atoms with van der Waals surface area (Å²) in [5.41, 5.74) is 8.01. The van der Waals surface area contributed by atoms with Gasteiger partial charge in [0.1, 0.15) is 11.6 Å². The Morgan fingerprint density at radius 3 is 2.20 bits per heavy atom. The van der Waals surface area contributed by atoms with Gasteiger partial charge in [0.15, 0.2) is 0 Å². The number of benzene rings is 3. The van der Waals surface area contributed by atoms with Crippen LogP contribution in [-0.4, -0.2) is 21.6 Å². The standard InChI is InChI=1S/C27H22F2N4O2/c28-18-3-1-16(2-4-18)25-22(27(11-12-27)26(30)35)14-24(34)32(25)21-9-10-23-17(13-21)15-31-33(23)20-7-5-19(29)6-8-20/h1-10,13,15,22,25H,11-12,14H2,(H2,30,35). The minimum absolute atomic E-state index is 0.109. The number of carbonyl (C=O) groups is 2. The summed E-state index contributed by atoms with van der Waals surface area (Å²) in [4.78, 5) is 27.5. The number of hydrogen-bond acceptors (Lipinski definition) is 3. The Kier molecular flexibility index (Phi) is 4.74. The molecule has 6 rings (SSSR count). The van der Waals surface area contributed by atoms with Gasteiger partial charge in [0.05, 0.1) is 28.9 Å². The molecular formula is C27H22F2N4O2. The summed E-state index contributed by atoms with van der Waals surface area (Å²) in [7, 11) is 0. The first-order chi connectivity index (χ1) is 16.9. The van der Waals surface area contributed by atoms with Crippen LogP contribution in [0.4, 0.5) is 14.5 Å². The average Bonchev–Trinajstić information content (AvgIpc) is 3.45. The second-order valence-electron chi connectivity index (χ2n) is 9.37. The third-order valence-electron chi connectivity index (χ3n) is 7.42. The largest absolute Gasteiger partial charge is 0.369 e. The molecule has 2 aliphatic rings. The van der Waals surface area contributed by atoms with Gasteiger partial charge in [-0.15, -0.1) is 0 Å². The molecule has 1 aromatic heterocycles. The maximum Gasteiger partial charge on any atom is 0.227 e. The number of rotatable bonds is 5. The second kappa shape index (κ2) is 7.73. The van der Waals surface area contributed by atoms with Crippen LogP contribution in [-0.2, 0) is 9.59 Å². The smallest absolute Gasteiger partial charge is 0.227 e. The fraction of sp³-hybridized carbons (Fsp3) is 0.222. The highest BCUT2D eigenvalue weighted by Gasteiger charge is 2.61. The van der Waals surface area contributed by atoms with E-state index in [0.717, 1.165) is 16.5 Å². The van der Waals surface area contributed by atoms with Crippen molar-refractivity contribution in [1.82, 2.24) is 9.78 Å². The number of anilines is 1. The zero-order chi connectivity index (χ0) is 24.3. The van der Waals surface area contributed by atoms with E-state index in [0.29, 0.717) is 24.2 Å². The van der Waals surface area contributed by atoms with E-state index in [4.69, 9.17) is 5.73 Å². The van der Waals surface area contributed by atoms with Gasteiger partial charge in [-0.3, -0.25) is 9.59 Å². The topological polar surface area (TPSA) is 81.2 Å². The van der Waals surface area contributed by atoms with Crippen LogP contribution in [0, 0.1) is 23.0 Å². The van der Waals surface area contributed by atoms with Crippen molar-refractivity contribution in [3.05, 3.63) is 90.1 Å². The van der Waals surface area contributed by atoms with Crippen LogP contribution in [0.15, 0.2) is 72.9 Å². The fourth-order valence-corrected chi connectivity index (χ4v) is 5.47. The summed E-state index contributed by atoms with van der Waals surface area (Å²) in [6.07, 6.45) is 3.18. The van der Waals surface area contributed by atoms with E-state index in [2.05, 4.69) is 5.10 Å². The number of hydrogen-bond donors (Lipinski definition) is 1. The maximum atomic E-state index is 13.7. The van der Waals surface area contributed by atoms with E-state index in [1.807, 2.05) is 18.2 Å². The molecule has 0 bridgehead atoms. The molecule has 8 heteroatoms. The predicted octanol–water partition coefficient (Wildman–Crippen LogP) is 4.66. The molecule has 35 heavy (non-hydrogen) atoms. The van der Waals surface area contributed by atoms with Crippen LogP contribution < -0.4 is 10.6 Å². The lowest BCUT2D eigenvalue weighted by molar-refractivity contribution is -0.125. The zero-order valence-electron chi connectivity index (χ0n) is 18.7. The monoisotopic (exact) mass is 472 g/mol. The Morgan fingerprint density at radius 1 is 0.943 bits per heavy atom. The van der Waals surface area contributed by atoms with Gasteiger partial charge in [-0.25, -0.2) is 13.5 Å². The number of amides is 2. The molecule has 0 radical (unpaired) electrons. The van der Waals surface area contributed by atoms with Gasteiger partial charge in [0, 0.05) is 23.4 Å². The van der Waals surface area contributed by atoms with Crippen LogP contribution in [0.5, 0.6) is 0 Å². The highest BCUT2D eigenvalue weighted by Crippen LogP contribution is 2.61. The van der Waals surface area contributed by atoms with Crippen LogP contribution in [0.25, 0.3) is 16.6 Å². The highest BCUT2D eigenvalue weighted by atomic mass is 19.1. The molecule has 4 aromatic rings. The van der Waals surface area contributed by atoms with Crippen LogP contribution in [0.1, 0.15) is 30.9 Å². The number of nitrogens with zero attached hydrogens (tertiary/aromatic N) is 3. The van der Waals surface area contributed by atoms with E-state index in [1.165, 1.54) is 24.3 Å². The third kappa shape index (κ3) is 3.39. The number of fused-ring (bicyclic) bond motifs is 1. The van der Waals surface area contributed by atoms with Crippen molar-refractivity contribution in [2.24, 2.45) is 17.1 Å². The second-order valence-corrected chi connectivity index (χ2v) is 9.37. The van der Waals surface area contributed by atoms with Crippen LogP contribution >= 0.6 is 0 Å². The molecule has 176 valence electrons. The molecular weight excluding hydrogens is 450 g/mol. The molecule has 1 saturated heterocycles. The number of aromatic nitrogens is 2. The maximum absolute atomic E-state index is 13.7. The Labute approximate surface area is 199 Å². The average molecular weight is 472 g/mol. The summed E-state index contributed by atoms with van der Waals surface area (Å²) in [6.45, 7) is 0. The summed E-state index contributed by atoms with van der Waals surface area (Å²) in [5.74, 6) is -1.49. The lowest BCUT2D eigenvalue weighted by Crippen LogP contribution is -2.36. The van der Waals surface area contributed by atoms with Gasteiger partial charge in [-0.05, 0) is 73.0 Å². The molecule has 1 aliphatic carbocycles. The van der Waals surface area contributed by atoms with Crippen molar-refractivity contribution in [1.29, 1.82) is 0 Å². The van der Waals surface area contributed by atoms with Crippen molar-refractivity contribution < 1.29 is 18.4 Å². The molecule has 1 aliphatic heterocycles. The van der Waals surface area contributed by atoms with Crippen molar-refractivity contribution in [2.45, 2.75) is 25.3 Å². The normalized spacial score (nSPS) is 21.0. The summed E-state index contributed by atoms with van der Waals surface area (Å²) in [6, 6.07) is 17.3. The molecule has 2 heterocycles. The first-order valence-corrected chi connectivity index (χ1v) is 11.5. The Morgan fingerprint density at radius 2 is 1.57 bits per heavy atom. The van der Waals surface area contributed by atoms with Gasteiger partial charge in [0.25, 0.3) is 0 Å². The third-order valence-corrected chi connectivity index (χ3v) is 7.42.